The number of hydrogen-bond donors (Lipinski definition) is 0. The standard InChI is InChI=1S/C19H23N5O5/c1-28-12-13-29-18-7-6-17(20-21-18)22-8-10-23(11-9-22)19(25)14-15-2-4-16(5-3-15)24(26)27/h2-7H,8-14H2,1H3. The number of ether oxygens (including phenoxy) is 2. The molecule has 0 unspecified atom stereocenters. The van der Waals surface area contributed by atoms with E-state index in [2.05, 4.69) is 15.1 Å². The molecule has 0 radical (unpaired) electrons. The second-order valence-corrected chi connectivity index (χ2v) is 6.54. The van der Waals surface area contributed by atoms with Crippen LogP contribution in [0.4, 0.5) is 11.5 Å². The van der Waals surface area contributed by atoms with Crippen molar-refractivity contribution >= 4 is 17.4 Å². The van der Waals surface area contributed by atoms with Gasteiger partial charge >= 0.3 is 0 Å². The highest BCUT2D eigenvalue weighted by atomic mass is 16.6. The van der Waals surface area contributed by atoms with Gasteiger partial charge in [0, 0.05) is 51.5 Å². The van der Waals surface area contributed by atoms with Crippen LogP contribution in [0.2, 0.25) is 0 Å². The summed E-state index contributed by atoms with van der Waals surface area (Å²) in [7, 11) is 1.61. The summed E-state index contributed by atoms with van der Waals surface area (Å²) in [6.07, 6.45) is 0.227. The van der Waals surface area contributed by atoms with Gasteiger partial charge in [0.2, 0.25) is 11.8 Å². The number of benzene rings is 1. The molecule has 29 heavy (non-hydrogen) atoms. The Labute approximate surface area is 168 Å². The minimum absolute atomic E-state index is 0.00600. The van der Waals surface area contributed by atoms with E-state index in [1.165, 1.54) is 12.1 Å². The number of non-ortho nitro benzene ring substituents is 1. The molecular weight excluding hydrogens is 378 g/mol. The maximum absolute atomic E-state index is 12.5. The van der Waals surface area contributed by atoms with Crippen molar-refractivity contribution in [2.24, 2.45) is 0 Å². The van der Waals surface area contributed by atoms with Gasteiger partial charge < -0.3 is 19.3 Å². The molecule has 1 aliphatic rings. The zero-order valence-electron chi connectivity index (χ0n) is 16.2. The van der Waals surface area contributed by atoms with E-state index in [4.69, 9.17) is 9.47 Å². The van der Waals surface area contributed by atoms with Crippen LogP contribution >= 0.6 is 0 Å². The molecular formula is C19H23N5O5. The molecule has 0 atom stereocenters. The largest absolute Gasteiger partial charge is 0.474 e. The number of methoxy groups -OCH3 is 1. The van der Waals surface area contributed by atoms with Gasteiger partial charge in [-0.1, -0.05) is 12.1 Å². The van der Waals surface area contributed by atoms with Crippen molar-refractivity contribution in [1.82, 2.24) is 15.1 Å². The van der Waals surface area contributed by atoms with Crippen molar-refractivity contribution in [3.05, 3.63) is 52.1 Å². The number of nitro groups is 1. The molecule has 10 heteroatoms. The first-order valence-electron chi connectivity index (χ1n) is 9.28. The zero-order chi connectivity index (χ0) is 20.6. The van der Waals surface area contributed by atoms with Crippen molar-refractivity contribution < 1.29 is 19.2 Å². The third-order valence-corrected chi connectivity index (χ3v) is 4.62. The highest BCUT2D eigenvalue weighted by molar-refractivity contribution is 5.79. The molecule has 0 spiro atoms. The van der Waals surface area contributed by atoms with Crippen LogP contribution in [0.3, 0.4) is 0 Å². The van der Waals surface area contributed by atoms with Crippen LogP contribution < -0.4 is 9.64 Å². The Morgan fingerprint density at radius 2 is 1.79 bits per heavy atom. The minimum Gasteiger partial charge on any atom is -0.474 e. The average molecular weight is 401 g/mol. The molecule has 1 amide bonds. The van der Waals surface area contributed by atoms with E-state index in [0.717, 1.165) is 11.4 Å². The SMILES string of the molecule is COCCOc1ccc(N2CCN(C(=O)Cc3ccc([N+](=O)[O-])cc3)CC2)nn1. The monoisotopic (exact) mass is 401 g/mol. The van der Waals surface area contributed by atoms with Crippen molar-refractivity contribution in [3.8, 4) is 5.88 Å². The lowest BCUT2D eigenvalue weighted by atomic mass is 10.1. The van der Waals surface area contributed by atoms with Gasteiger partial charge in [-0.15, -0.1) is 10.2 Å². The Morgan fingerprint density at radius 3 is 2.38 bits per heavy atom. The third kappa shape index (κ3) is 5.61. The molecule has 1 saturated heterocycles. The molecule has 1 aliphatic heterocycles. The fraction of sp³-hybridized carbons (Fsp3) is 0.421. The van der Waals surface area contributed by atoms with Gasteiger partial charge in [0.25, 0.3) is 5.69 Å². The maximum atomic E-state index is 12.5. The van der Waals surface area contributed by atoms with Crippen molar-refractivity contribution in [2.75, 3.05) is 51.4 Å². The normalized spacial score (nSPS) is 14.0. The van der Waals surface area contributed by atoms with E-state index in [0.29, 0.717) is 45.3 Å². The lowest BCUT2D eigenvalue weighted by molar-refractivity contribution is -0.384. The van der Waals surface area contributed by atoms with Crippen molar-refractivity contribution in [1.29, 1.82) is 0 Å². The lowest BCUT2D eigenvalue weighted by Gasteiger charge is -2.35. The first-order chi connectivity index (χ1) is 14.1. The predicted molar refractivity (Wildman–Crippen MR) is 105 cm³/mol. The fourth-order valence-corrected chi connectivity index (χ4v) is 3.00. The molecule has 1 aromatic heterocycles. The number of amides is 1. The van der Waals surface area contributed by atoms with E-state index < -0.39 is 4.92 Å². The number of nitrogens with zero attached hydrogens (tertiary/aromatic N) is 5. The molecule has 0 bridgehead atoms. The van der Waals surface area contributed by atoms with Gasteiger partial charge in [-0.05, 0) is 11.6 Å². The first kappa shape index (κ1) is 20.5. The van der Waals surface area contributed by atoms with Crippen LogP contribution in [0.15, 0.2) is 36.4 Å². The molecule has 2 aromatic rings. The summed E-state index contributed by atoms with van der Waals surface area (Å²) in [5.41, 5.74) is 0.781. The Hall–Kier alpha value is -3.27. The number of anilines is 1. The number of piperazine rings is 1. The Bertz CT molecular complexity index is 820. The number of hydrogen-bond acceptors (Lipinski definition) is 8. The number of rotatable bonds is 8. The molecule has 0 saturated carbocycles. The molecule has 0 aliphatic carbocycles. The van der Waals surface area contributed by atoms with Crippen LogP contribution in [-0.4, -0.2) is 72.4 Å². The number of carbonyl (C=O) groups is 1. The number of nitro benzene ring substituents is 1. The summed E-state index contributed by atoms with van der Waals surface area (Å²) >= 11 is 0. The van der Waals surface area contributed by atoms with Gasteiger partial charge in [0.05, 0.1) is 18.0 Å². The van der Waals surface area contributed by atoms with Crippen molar-refractivity contribution in [3.63, 3.8) is 0 Å². The smallest absolute Gasteiger partial charge is 0.269 e. The van der Waals surface area contributed by atoms with Crippen LogP contribution in [-0.2, 0) is 16.0 Å². The highest BCUT2D eigenvalue weighted by Gasteiger charge is 2.22. The molecule has 0 N–H and O–H groups in total. The van der Waals surface area contributed by atoms with Crippen molar-refractivity contribution in [2.45, 2.75) is 6.42 Å². The maximum Gasteiger partial charge on any atom is 0.269 e. The van der Waals surface area contributed by atoms with Crippen LogP contribution in [0, 0.1) is 10.1 Å². The van der Waals surface area contributed by atoms with Crippen LogP contribution in [0.5, 0.6) is 5.88 Å². The average Bonchev–Trinajstić information content (AvgIpc) is 2.75. The van der Waals surface area contributed by atoms with Gasteiger partial charge in [-0.3, -0.25) is 14.9 Å². The Kier molecular flexibility index (Phi) is 6.90. The van der Waals surface area contributed by atoms with Gasteiger partial charge in [0.1, 0.15) is 6.61 Å². The van der Waals surface area contributed by atoms with Crippen LogP contribution in [0.25, 0.3) is 0 Å². The highest BCUT2D eigenvalue weighted by Crippen LogP contribution is 2.17. The Morgan fingerprint density at radius 1 is 1.07 bits per heavy atom. The zero-order valence-corrected chi connectivity index (χ0v) is 16.2. The van der Waals surface area contributed by atoms with E-state index >= 15 is 0 Å². The van der Waals surface area contributed by atoms with Gasteiger partial charge in [-0.25, -0.2) is 0 Å². The van der Waals surface area contributed by atoms with E-state index in [1.54, 1.807) is 30.2 Å². The summed E-state index contributed by atoms with van der Waals surface area (Å²) in [5.74, 6) is 1.20. The van der Waals surface area contributed by atoms with Gasteiger partial charge in [0.15, 0.2) is 5.82 Å². The predicted octanol–water partition coefficient (Wildman–Crippen LogP) is 1.30. The van der Waals surface area contributed by atoms with E-state index in [-0.39, 0.29) is 18.0 Å². The summed E-state index contributed by atoms with van der Waals surface area (Å²) in [6, 6.07) is 9.70. The second-order valence-electron chi connectivity index (χ2n) is 6.54. The lowest BCUT2D eigenvalue weighted by Crippen LogP contribution is -2.49. The van der Waals surface area contributed by atoms with E-state index in [9.17, 15) is 14.9 Å². The summed E-state index contributed by atoms with van der Waals surface area (Å²) in [6.45, 7) is 3.38. The van der Waals surface area contributed by atoms with E-state index in [1.807, 2.05) is 6.07 Å². The Balaban J connectivity index is 1.48. The minimum atomic E-state index is -0.452. The quantitative estimate of drug-likeness (QED) is 0.370. The summed E-state index contributed by atoms with van der Waals surface area (Å²) in [5, 5.41) is 19.0. The summed E-state index contributed by atoms with van der Waals surface area (Å²) in [4.78, 5) is 26.6. The summed E-state index contributed by atoms with van der Waals surface area (Å²) < 4.78 is 10.3. The van der Waals surface area contributed by atoms with Gasteiger partial charge in [-0.2, -0.15) is 0 Å². The molecule has 2 heterocycles. The molecule has 3 rings (SSSR count). The third-order valence-electron chi connectivity index (χ3n) is 4.62. The topological polar surface area (TPSA) is 111 Å². The second kappa shape index (κ2) is 9.78. The molecule has 10 nitrogen and oxygen atoms in total. The molecule has 154 valence electrons. The number of carbonyl (C=O) groups excluding carboxylic acids is 1. The fourth-order valence-electron chi connectivity index (χ4n) is 3.00. The number of aromatic nitrogens is 2. The van der Waals surface area contributed by atoms with Crippen LogP contribution in [0.1, 0.15) is 5.56 Å². The first-order valence-corrected chi connectivity index (χ1v) is 9.28. The molecule has 1 fully saturated rings. The molecule has 1 aromatic carbocycles.